The summed E-state index contributed by atoms with van der Waals surface area (Å²) in [6, 6.07) is 9.32. The summed E-state index contributed by atoms with van der Waals surface area (Å²) in [5.41, 5.74) is 1.19. The molecule has 0 radical (unpaired) electrons. The Labute approximate surface area is 87.9 Å². The van der Waals surface area contributed by atoms with Gasteiger partial charge in [-0.25, -0.2) is 4.79 Å². The van der Waals surface area contributed by atoms with E-state index in [-0.39, 0.29) is 0 Å². The first-order chi connectivity index (χ1) is 6.74. The number of thiocarbonyl (C=S) groups is 1. The maximum Gasteiger partial charge on any atom is 0.331 e. The van der Waals surface area contributed by atoms with Crippen LogP contribution >= 0.6 is 12.2 Å². The second-order valence-corrected chi connectivity index (χ2v) is 3.09. The number of carboxylic acids is 1. The van der Waals surface area contributed by atoms with E-state index in [2.05, 4.69) is 12.2 Å². The van der Waals surface area contributed by atoms with Gasteiger partial charge in [0.25, 0.3) is 0 Å². The van der Waals surface area contributed by atoms with Crippen molar-refractivity contribution in [2.24, 2.45) is 0 Å². The first-order valence-corrected chi connectivity index (χ1v) is 4.63. The molecule has 0 aromatic heterocycles. The minimum absolute atomic E-state index is 0.305. The van der Waals surface area contributed by atoms with Gasteiger partial charge in [0.1, 0.15) is 0 Å². The second kappa shape index (κ2) is 5.29. The molecule has 14 heavy (non-hydrogen) atoms. The lowest BCUT2D eigenvalue weighted by Crippen LogP contribution is -2.00. The normalized spacial score (nSPS) is 11.0. The Morgan fingerprint density at radius 3 is 2.50 bits per heavy atom. The van der Waals surface area contributed by atoms with Gasteiger partial charge in [-0.05, 0) is 17.0 Å². The molecule has 0 aliphatic carbocycles. The molecule has 0 saturated heterocycles. The zero-order valence-corrected chi connectivity index (χ0v) is 8.33. The molecule has 1 aromatic carbocycles. The number of benzene rings is 1. The molecule has 0 atom stereocenters. The molecule has 0 heterocycles. The zero-order valence-electron chi connectivity index (χ0n) is 7.51. The van der Waals surface area contributed by atoms with Gasteiger partial charge in [0.15, 0.2) is 0 Å². The predicted molar refractivity (Wildman–Crippen MR) is 60.3 cm³/mol. The standard InChI is InChI=1S/C11H10O2S/c12-11(13)10(6-7-14)8-9-4-2-1-3-5-9/h1-5,7-8H,6H2,(H,12,13). The fourth-order valence-corrected chi connectivity index (χ4v) is 1.23. The van der Waals surface area contributed by atoms with Crippen molar-refractivity contribution in [2.45, 2.75) is 6.42 Å². The van der Waals surface area contributed by atoms with Crippen molar-refractivity contribution in [3.63, 3.8) is 0 Å². The van der Waals surface area contributed by atoms with Crippen LogP contribution in [0.15, 0.2) is 35.9 Å². The average Bonchev–Trinajstić information content (AvgIpc) is 2.18. The van der Waals surface area contributed by atoms with E-state index in [1.807, 2.05) is 30.3 Å². The van der Waals surface area contributed by atoms with Gasteiger partial charge in [-0.15, -0.1) is 0 Å². The minimum atomic E-state index is -0.921. The number of hydrogen-bond acceptors (Lipinski definition) is 2. The van der Waals surface area contributed by atoms with Crippen LogP contribution in [0.5, 0.6) is 0 Å². The molecular weight excluding hydrogens is 196 g/mol. The summed E-state index contributed by atoms with van der Waals surface area (Å²) in [5, 5.41) is 10.3. The molecule has 2 nitrogen and oxygen atoms in total. The van der Waals surface area contributed by atoms with Crippen LogP contribution in [0.3, 0.4) is 0 Å². The van der Waals surface area contributed by atoms with Gasteiger partial charge >= 0.3 is 5.97 Å². The predicted octanol–water partition coefficient (Wildman–Crippen LogP) is 2.54. The van der Waals surface area contributed by atoms with E-state index in [4.69, 9.17) is 5.11 Å². The third-order valence-corrected chi connectivity index (χ3v) is 1.89. The van der Waals surface area contributed by atoms with Crippen molar-refractivity contribution >= 4 is 29.6 Å². The fraction of sp³-hybridized carbons (Fsp3) is 0.0909. The fourth-order valence-electron chi connectivity index (χ4n) is 1.05. The van der Waals surface area contributed by atoms with E-state index < -0.39 is 5.97 Å². The molecule has 1 rings (SSSR count). The SMILES string of the molecule is O=C(O)C(=Cc1ccccc1)CC=S. The lowest BCUT2D eigenvalue weighted by molar-refractivity contribution is -0.132. The van der Waals surface area contributed by atoms with Crippen molar-refractivity contribution in [3.8, 4) is 0 Å². The molecule has 1 N–H and O–H groups in total. The second-order valence-electron chi connectivity index (χ2n) is 2.76. The van der Waals surface area contributed by atoms with E-state index in [9.17, 15) is 4.79 Å². The number of hydrogen-bond donors (Lipinski definition) is 1. The maximum atomic E-state index is 10.8. The molecular formula is C11H10O2S. The molecule has 0 aliphatic heterocycles. The van der Waals surface area contributed by atoms with Crippen molar-refractivity contribution < 1.29 is 9.90 Å². The van der Waals surface area contributed by atoms with E-state index in [1.54, 1.807) is 6.08 Å². The minimum Gasteiger partial charge on any atom is -0.478 e. The summed E-state index contributed by atoms with van der Waals surface area (Å²) in [7, 11) is 0. The molecule has 0 unspecified atom stereocenters. The quantitative estimate of drug-likeness (QED) is 0.607. The van der Waals surface area contributed by atoms with E-state index in [1.165, 1.54) is 5.37 Å². The van der Waals surface area contributed by atoms with E-state index in [0.29, 0.717) is 12.0 Å². The third-order valence-electron chi connectivity index (χ3n) is 1.72. The monoisotopic (exact) mass is 206 g/mol. The molecule has 0 amide bonds. The zero-order chi connectivity index (χ0) is 10.4. The summed E-state index contributed by atoms with van der Waals surface area (Å²) < 4.78 is 0. The first kappa shape index (κ1) is 10.6. The number of aliphatic carboxylic acids is 1. The highest BCUT2D eigenvalue weighted by atomic mass is 32.1. The van der Waals surface area contributed by atoms with Gasteiger partial charge in [0.2, 0.25) is 0 Å². The van der Waals surface area contributed by atoms with Gasteiger partial charge in [0, 0.05) is 12.0 Å². The number of rotatable bonds is 4. The molecule has 0 aliphatic rings. The van der Waals surface area contributed by atoms with Crippen molar-refractivity contribution in [1.29, 1.82) is 0 Å². The van der Waals surface area contributed by atoms with Crippen LogP contribution < -0.4 is 0 Å². The van der Waals surface area contributed by atoms with Crippen LogP contribution in [-0.2, 0) is 4.79 Å². The highest BCUT2D eigenvalue weighted by Gasteiger charge is 2.04. The van der Waals surface area contributed by atoms with Crippen molar-refractivity contribution in [3.05, 3.63) is 41.5 Å². The Balaban J connectivity index is 2.93. The lowest BCUT2D eigenvalue weighted by atomic mass is 10.1. The largest absolute Gasteiger partial charge is 0.478 e. The molecule has 0 saturated carbocycles. The molecule has 0 bridgehead atoms. The van der Waals surface area contributed by atoms with E-state index in [0.717, 1.165) is 5.56 Å². The Morgan fingerprint density at radius 2 is 2.00 bits per heavy atom. The first-order valence-electron chi connectivity index (χ1n) is 4.16. The van der Waals surface area contributed by atoms with E-state index >= 15 is 0 Å². The Hall–Kier alpha value is -1.48. The van der Waals surface area contributed by atoms with Gasteiger partial charge < -0.3 is 5.11 Å². The van der Waals surface area contributed by atoms with Crippen LogP contribution in [0.4, 0.5) is 0 Å². The number of carbonyl (C=O) groups is 1. The molecule has 0 spiro atoms. The molecule has 1 aromatic rings. The van der Waals surface area contributed by atoms with Gasteiger partial charge in [-0.1, -0.05) is 42.5 Å². The van der Waals surface area contributed by atoms with Gasteiger partial charge in [-0.2, -0.15) is 0 Å². The van der Waals surface area contributed by atoms with Crippen molar-refractivity contribution in [2.75, 3.05) is 0 Å². The smallest absolute Gasteiger partial charge is 0.331 e. The Morgan fingerprint density at radius 1 is 1.36 bits per heavy atom. The average molecular weight is 206 g/mol. The van der Waals surface area contributed by atoms with Crippen LogP contribution in [0, 0.1) is 0 Å². The third kappa shape index (κ3) is 3.11. The number of carboxylic acid groups (broad SMARTS) is 1. The van der Waals surface area contributed by atoms with Crippen molar-refractivity contribution in [1.82, 2.24) is 0 Å². The Kier molecular flexibility index (Phi) is 4.01. The summed E-state index contributed by atoms with van der Waals surface area (Å²) in [6.45, 7) is 0. The maximum absolute atomic E-state index is 10.8. The summed E-state index contributed by atoms with van der Waals surface area (Å²) in [5.74, 6) is -0.921. The summed E-state index contributed by atoms with van der Waals surface area (Å²) in [4.78, 5) is 10.8. The molecule has 72 valence electrons. The summed E-state index contributed by atoms with van der Waals surface area (Å²) >= 11 is 4.63. The van der Waals surface area contributed by atoms with Gasteiger partial charge in [0.05, 0.1) is 0 Å². The highest BCUT2D eigenvalue weighted by molar-refractivity contribution is 7.79. The van der Waals surface area contributed by atoms with Gasteiger partial charge in [-0.3, -0.25) is 0 Å². The molecule has 0 fully saturated rings. The lowest BCUT2D eigenvalue weighted by Gasteiger charge is -1.97. The Bertz CT molecular complexity index is 355. The molecule has 3 heteroatoms. The summed E-state index contributed by atoms with van der Waals surface area (Å²) in [6.07, 6.45) is 1.94. The van der Waals surface area contributed by atoms with Crippen LogP contribution in [0.2, 0.25) is 0 Å². The highest BCUT2D eigenvalue weighted by Crippen LogP contribution is 2.08. The van der Waals surface area contributed by atoms with Crippen LogP contribution in [-0.4, -0.2) is 16.4 Å². The van der Waals surface area contributed by atoms with Crippen LogP contribution in [0.25, 0.3) is 6.08 Å². The topological polar surface area (TPSA) is 37.3 Å². The van der Waals surface area contributed by atoms with Crippen LogP contribution in [0.1, 0.15) is 12.0 Å².